The van der Waals surface area contributed by atoms with Gasteiger partial charge in [-0.2, -0.15) is 0 Å². The predicted molar refractivity (Wildman–Crippen MR) is 58.2 cm³/mol. The molecule has 1 aromatic carbocycles. The maximum Gasteiger partial charge on any atom is 0.199 e. The van der Waals surface area contributed by atoms with Gasteiger partial charge in [0, 0.05) is 11.3 Å². The van der Waals surface area contributed by atoms with Crippen molar-refractivity contribution in [3.63, 3.8) is 0 Å². The molecule has 0 radical (unpaired) electrons. The first kappa shape index (κ1) is 11.3. The number of sulfone groups is 1. The van der Waals surface area contributed by atoms with Crippen LogP contribution in [0, 0.1) is 6.92 Å². The standard InChI is InChI=1S/C10H11ClO2S/c1-9-3-5-10(6-4-9)14(12,13)8-2-7-11/h2-6,8H,7H2,1H3/b8-2+. The lowest BCUT2D eigenvalue weighted by Crippen LogP contribution is -1.95. The molecule has 0 spiro atoms. The third kappa shape index (κ3) is 2.86. The zero-order chi connectivity index (χ0) is 10.6. The average Bonchev–Trinajstić information content (AvgIpc) is 2.16. The van der Waals surface area contributed by atoms with E-state index >= 15 is 0 Å². The van der Waals surface area contributed by atoms with Gasteiger partial charge in [0.15, 0.2) is 9.84 Å². The van der Waals surface area contributed by atoms with E-state index in [0.717, 1.165) is 11.0 Å². The lowest BCUT2D eigenvalue weighted by molar-refractivity contribution is 0.604. The summed E-state index contributed by atoms with van der Waals surface area (Å²) in [7, 11) is -3.30. The summed E-state index contributed by atoms with van der Waals surface area (Å²) >= 11 is 5.37. The number of halogens is 1. The summed E-state index contributed by atoms with van der Waals surface area (Å²) in [6.07, 6.45) is 1.41. The Kier molecular flexibility index (Phi) is 3.72. The van der Waals surface area contributed by atoms with E-state index in [9.17, 15) is 8.42 Å². The minimum atomic E-state index is -3.30. The molecule has 0 aliphatic rings. The van der Waals surface area contributed by atoms with Crippen molar-refractivity contribution in [1.82, 2.24) is 0 Å². The fraction of sp³-hybridized carbons (Fsp3) is 0.200. The highest BCUT2D eigenvalue weighted by atomic mass is 35.5. The molecular weight excluding hydrogens is 220 g/mol. The Morgan fingerprint density at radius 2 is 1.86 bits per heavy atom. The largest absolute Gasteiger partial charge is 0.219 e. The van der Waals surface area contributed by atoms with Crippen LogP contribution in [0.4, 0.5) is 0 Å². The molecule has 0 saturated heterocycles. The summed E-state index contributed by atoms with van der Waals surface area (Å²) in [5, 5.41) is 1.13. The van der Waals surface area contributed by atoms with Gasteiger partial charge >= 0.3 is 0 Å². The van der Waals surface area contributed by atoms with Crippen molar-refractivity contribution in [2.45, 2.75) is 11.8 Å². The molecular formula is C10H11ClO2S. The zero-order valence-electron chi connectivity index (χ0n) is 7.77. The maximum atomic E-state index is 11.6. The highest BCUT2D eigenvalue weighted by molar-refractivity contribution is 7.94. The average molecular weight is 231 g/mol. The van der Waals surface area contributed by atoms with E-state index in [4.69, 9.17) is 11.6 Å². The Morgan fingerprint density at radius 3 is 2.36 bits per heavy atom. The van der Waals surface area contributed by atoms with Crippen LogP contribution in [0.2, 0.25) is 0 Å². The van der Waals surface area contributed by atoms with Gasteiger partial charge < -0.3 is 0 Å². The van der Waals surface area contributed by atoms with Crippen molar-refractivity contribution >= 4 is 21.4 Å². The monoisotopic (exact) mass is 230 g/mol. The number of benzene rings is 1. The van der Waals surface area contributed by atoms with E-state index in [1.54, 1.807) is 24.3 Å². The Bertz CT molecular complexity index is 418. The fourth-order valence-electron chi connectivity index (χ4n) is 0.970. The van der Waals surface area contributed by atoms with Crippen LogP contribution in [0.3, 0.4) is 0 Å². The Hall–Kier alpha value is -0.800. The smallest absolute Gasteiger partial charge is 0.199 e. The molecule has 0 aromatic heterocycles. The number of allylic oxidation sites excluding steroid dienone is 1. The van der Waals surface area contributed by atoms with Gasteiger partial charge in [-0.25, -0.2) is 8.42 Å². The quantitative estimate of drug-likeness (QED) is 0.748. The van der Waals surface area contributed by atoms with E-state index in [2.05, 4.69) is 0 Å². The Morgan fingerprint density at radius 1 is 1.29 bits per heavy atom. The SMILES string of the molecule is Cc1ccc(S(=O)(=O)/C=C/CCl)cc1. The first-order chi connectivity index (χ1) is 6.56. The summed E-state index contributed by atoms with van der Waals surface area (Å²) in [5.74, 6) is 0.199. The minimum absolute atomic E-state index is 0.199. The van der Waals surface area contributed by atoms with Gasteiger partial charge in [0.25, 0.3) is 0 Å². The second kappa shape index (κ2) is 4.62. The van der Waals surface area contributed by atoms with Crippen LogP contribution in [0.25, 0.3) is 0 Å². The molecule has 0 amide bonds. The molecule has 0 atom stereocenters. The van der Waals surface area contributed by atoms with E-state index in [0.29, 0.717) is 4.90 Å². The second-order valence-electron chi connectivity index (χ2n) is 2.88. The molecule has 1 aromatic rings. The molecule has 0 fully saturated rings. The predicted octanol–water partition coefficient (Wildman–Crippen LogP) is 2.52. The van der Waals surface area contributed by atoms with Crippen LogP contribution in [0.15, 0.2) is 40.6 Å². The molecule has 4 heteroatoms. The topological polar surface area (TPSA) is 34.1 Å². The molecule has 0 heterocycles. The van der Waals surface area contributed by atoms with E-state index in [1.807, 2.05) is 6.92 Å². The van der Waals surface area contributed by atoms with Gasteiger partial charge in [0.1, 0.15) is 0 Å². The first-order valence-corrected chi connectivity index (χ1v) is 6.18. The molecule has 14 heavy (non-hydrogen) atoms. The number of rotatable bonds is 3. The molecule has 0 aliphatic heterocycles. The van der Waals surface area contributed by atoms with Crippen molar-refractivity contribution in [2.24, 2.45) is 0 Å². The molecule has 76 valence electrons. The van der Waals surface area contributed by atoms with Crippen LogP contribution < -0.4 is 0 Å². The van der Waals surface area contributed by atoms with E-state index in [1.165, 1.54) is 6.08 Å². The molecule has 0 saturated carbocycles. The molecule has 1 rings (SSSR count). The fourth-order valence-corrected chi connectivity index (χ4v) is 2.19. The second-order valence-corrected chi connectivity index (χ2v) is 5.03. The molecule has 0 unspecified atom stereocenters. The Balaban J connectivity index is 3.05. The van der Waals surface area contributed by atoms with Gasteiger partial charge in [0.05, 0.1) is 4.90 Å². The third-order valence-corrected chi connectivity index (χ3v) is 3.37. The number of alkyl halides is 1. The van der Waals surface area contributed by atoms with Gasteiger partial charge in [-0.1, -0.05) is 23.8 Å². The van der Waals surface area contributed by atoms with Crippen molar-refractivity contribution in [3.05, 3.63) is 41.3 Å². The highest BCUT2D eigenvalue weighted by Crippen LogP contribution is 2.12. The van der Waals surface area contributed by atoms with Crippen molar-refractivity contribution in [1.29, 1.82) is 0 Å². The summed E-state index contributed by atoms with van der Waals surface area (Å²) in [5.41, 5.74) is 1.03. The molecule has 0 bridgehead atoms. The third-order valence-electron chi connectivity index (χ3n) is 1.71. The number of aryl methyl sites for hydroxylation is 1. The van der Waals surface area contributed by atoms with Gasteiger partial charge in [-0.3, -0.25) is 0 Å². The summed E-state index contributed by atoms with van der Waals surface area (Å²) in [6.45, 7) is 1.91. The van der Waals surface area contributed by atoms with Crippen molar-refractivity contribution < 1.29 is 8.42 Å². The van der Waals surface area contributed by atoms with Crippen molar-refractivity contribution in [3.8, 4) is 0 Å². The number of hydrogen-bond donors (Lipinski definition) is 0. The normalized spacial score (nSPS) is 12.1. The van der Waals surface area contributed by atoms with Crippen LogP contribution in [0.5, 0.6) is 0 Å². The van der Waals surface area contributed by atoms with Gasteiger partial charge in [-0.05, 0) is 19.1 Å². The summed E-state index contributed by atoms with van der Waals surface area (Å²) < 4.78 is 23.1. The van der Waals surface area contributed by atoms with Crippen LogP contribution in [-0.4, -0.2) is 14.3 Å². The number of hydrogen-bond acceptors (Lipinski definition) is 2. The van der Waals surface area contributed by atoms with Crippen LogP contribution in [-0.2, 0) is 9.84 Å². The highest BCUT2D eigenvalue weighted by Gasteiger charge is 2.08. The van der Waals surface area contributed by atoms with Gasteiger partial charge in [0.2, 0.25) is 0 Å². The van der Waals surface area contributed by atoms with Crippen LogP contribution in [0.1, 0.15) is 5.56 Å². The minimum Gasteiger partial charge on any atom is -0.219 e. The summed E-state index contributed by atoms with van der Waals surface area (Å²) in [6, 6.07) is 6.70. The van der Waals surface area contributed by atoms with Gasteiger partial charge in [-0.15, -0.1) is 11.6 Å². The molecule has 0 N–H and O–H groups in total. The van der Waals surface area contributed by atoms with E-state index in [-0.39, 0.29) is 5.88 Å². The lowest BCUT2D eigenvalue weighted by atomic mass is 10.2. The maximum absolute atomic E-state index is 11.6. The molecule has 0 aliphatic carbocycles. The first-order valence-electron chi connectivity index (χ1n) is 4.10. The van der Waals surface area contributed by atoms with Crippen LogP contribution >= 0.6 is 11.6 Å². The molecule has 2 nitrogen and oxygen atoms in total. The van der Waals surface area contributed by atoms with Crippen molar-refractivity contribution in [2.75, 3.05) is 5.88 Å². The zero-order valence-corrected chi connectivity index (χ0v) is 9.35. The lowest BCUT2D eigenvalue weighted by Gasteiger charge is -1.98. The Labute approximate surface area is 89.1 Å². The summed E-state index contributed by atoms with van der Waals surface area (Å²) in [4.78, 5) is 0.296. The van der Waals surface area contributed by atoms with E-state index < -0.39 is 9.84 Å².